The van der Waals surface area contributed by atoms with E-state index in [1.807, 2.05) is 10.7 Å². The van der Waals surface area contributed by atoms with E-state index < -0.39 is 0 Å². The summed E-state index contributed by atoms with van der Waals surface area (Å²) >= 11 is 1.64. The molecular formula is C13H17N5OS. The van der Waals surface area contributed by atoms with Crippen LogP contribution in [0.15, 0.2) is 21.7 Å². The summed E-state index contributed by atoms with van der Waals surface area (Å²) in [4.78, 5) is 0. The van der Waals surface area contributed by atoms with Gasteiger partial charge in [-0.15, -0.1) is 5.10 Å². The summed E-state index contributed by atoms with van der Waals surface area (Å²) in [6.07, 6.45) is 4.98. The SMILES string of the molecule is c1cc(CSc2nnnn2C2CC2)oc1CNC1CC1. The average Bonchev–Trinajstić information content (AvgIpc) is 3.38. The number of hydrogen-bond acceptors (Lipinski definition) is 6. The van der Waals surface area contributed by atoms with Gasteiger partial charge in [0.25, 0.3) is 0 Å². The Morgan fingerprint density at radius 3 is 2.90 bits per heavy atom. The molecule has 7 heteroatoms. The van der Waals surface area contributed by atoms with Crippen molar-refractivity contribution in [2.45, 2.75) is 55.2 Å². The number of rotatable bonds is 7. The molecule has 20 heavy (non-hydrogen) atoms. The Balaban J connectivity index is 1.32. The largest absolute Gasteiger partial charge is 0.464 e. The van der Waals surface area contributed by atoms with Gasteiger partial charge in [-0.3, -0.25) is 0 Å². The molecule has 4 rings (SSSR count). The zero-order valence-corrected chi connectivity index (χ0v) is 12.0. The van der Waals surface area contributed by atoms with Crippen LogP contribution in [0.1, 0.15) is 43.2 Å². The monoisotopic (exact) mass is 291 g/mol. The molecule has 0 aliphatic heterocycles. The van der Waals surface area contributed by atoms with Gasteiger partial charge in [-0.2, -0.15) is 0 Å². The fourth-order valence-corrected chi connectivity index (χ4v) is 2.93. The summed E-state index contributed by atoms with van der Waals surface area (Å²) < 4.78 is 7.75. The van der Waals surface area contributed by atoms with Crippen LogP contribution in [0.3, 0.4) is 0 Å². The third-order valence-electron chi connectivity index (χ3n) is 3.56. The molecule has 0 saturated heterocycles. The predicted octanol–water partition coefficient (Wildman–Crippen LogP) is 2.15. The standard InChI is InChI=1S/C13H17N5OS/c1-2-9(1)14-7-11-5-6-12(19-11)8-20-13-15-16-17-18(13)10-3-4-10/h5-6,9-10,14H,1-4,7-8H2. The summed E-state index contributed by atoms with van der Waals surface area (Å²) in [6, 6.07) is 5.32. The average molecular weight is 291 g/mol. The van der Waals surface area contributed by atoms with Crippen molar-refractivity contribution in [2.75, 3.05) is 0 Å². The maximum Gasteiger partial charge on any atom is 0.210 e. The zero-order valence-electron chi connectivity index (χ0n) is 11.2. The fourth-order valence-electron chi connectivity index (χ4n) is 2.09. The highest BCUT2D eigenvalue weighted by Crippen LogP contribution is 2.36. The van der Waals surface area contributed by atoms with Gasteiger partial charge in [0.1, 0.15) is 11.5 Å². The maximum atomic E-state index is 5.81. The van der Waals surface area contributed by atoms with Crippen LogP contribution in [0.4, 0.5) is 0 Å². The van der Waals surface area contributed by atoms with E-state index in [0.29, 0.717) is 12.1 Å². The number of thioether (sulfide) groups is 1. The van der Waals surface area contributed by atoms with Crippen LogP contribution >= 0.6 is 11.8 Å². The maximum absolute atomic E-state index is 5.81. The Hall–Kier alpha value is -1.34. The smallest absolute Gasteiger partial charge is 0.210 e. The van der Waals surface area contributed by atoms with Gasteiger partial charge in [0, 0.05) is 6.04 Å². The third-order valence-corrected chi connectivity index (χ3v) is 4.51. The normalized spacial score (nSPS) is 18.6. The molecule has 1 N–H and O–H groups in total. The third kappa shape index (κ3) is 2.88. The Labute approximate surface area is 121 Å². The molecular weight excluding hydrogens is 274 g/mol. The van der Waals surface area contributed by atoms with E-state index in [1.54, 1.807) is 11.8 Å². The highest BCUT2D eigenvalue weighted by molar-refractivity contribution is 7.98. The minimum absolute atomic E-state index is 0.516. The molecule has 0 bridgehead atoms. The van der Waals surface area contributed by atoms with Crippen molar-refractivity contribution >= 4 is 11.8 Å². The molecule has 0 amide bonds. The van der Waals surface area contributed by atoms with E-state index in [4.69, 9.17) is 4.42 Å². The lowest BCUT2D eigenvalue weighted by atomic mass is 10.4. The molecule has 2 aliphatic rings. The quantitative estimate of drug-likeness (QED) is 0.788. The number of nitrogens with zero attached hydrogens (tertiary/aromatic N) is 4. The van der Waals surface area contributed by atoms with Gasteiger partial charge >= 0.3 is 0 Å². The highest BCUT2D eigenvalue weighted by Gasteiger charge is 2.28. The van der Waals surface area contributed by atoms with Crippen LogP contribution < -0.4 is 5.32 Å². The lowest BCUT2D eigenvalue weighted by molar-refractivity contribution is 0.458. The number of nitrogens with one attached hydrogen (secondary N) is 1. The summed E-state index contributed by atoms with van der Waals surface area (Å²) in [5.74, 6) is 2.76. The van der Waals surface area contributed by atoms with E-state index in [0.717, 1.165) is 29.0 Å². The lowest BCUT2D eigenvalue weighted by Gasteiger charge is -2.01. The van der Waals surface area contributed by atoms with Crippen LogP contribution in [-0.2, 0) is 12.3 Å². The molecule has 2 aromatic heterocycles. The van der Waals surface area contributed by atoms with Crippen molar-refractivity contribution in [2.24, 2.45) is 0 Å². The molecule has 0 aromatic carbocycles. The Morgan fingerprint density at radius 2 is 2.10 bits per heavy atom. The van der Waals surface area contributed by atoms with Gasteiger partial charge in [-0.05, 0) is 48.2 Å². The van der Waals surface area contributed by atoms with Crippen LogP contribution in [0.25, 0.3) is 0 Å². The van der Waals surface area contributed by atoms with E-state index in [2.05, 4.69) is 26.9 Å². The zero-order chi connectivity index (χ0) is 13.4. The fraction of sp³-hybridized carbons (Fsp3) is 0.615. The summed E-state index contributed by atoms with van der Waals surface area (Å²) in [5, 5.41) is 16.2. The second-order valence-electron chi connectivity index (χ2n) is 5.45. The second kappa shape index (κ2) is 5.21. The summed E-state index contributed by atoms with van der Waals surface area (Å²) in [5.41, 5.74) is 0. The van der Waals surface area contributed by atoms with E-state index in [-0.39, 0.29) is 0 Å². The molecule has 0 radical (unpaired) electrons. The van der Waals surface area contributed by atoms with Crippen molar-refractivity contribution in [3.05, 3.63) is 23.7 Å². The van der Waals surface area contributed by atoms with E-state index in [9.17, 15) is 0 Å². The number of hydrogen-bond donors (Lipinski definition) is 1. The second-order valence-corrected chi connectivity index (χ2v) is 6.39. The van der Waals surface area contributed by atoms with E-state index in [1.165, 1.54) is 25.7 Å². The van der Waals surface area contributed by atoms with Gasteiger partial charge in [0.2, 0.25) is 5.16 Å². The van der Waals surface area contributed by atoms with Crippen LogP contribution in [-0.4, -0.2) is 26.2 Å². The molecule has 0 atom stereocenters. The Morgan fingerprint density at radius 1 is 1.25 bits per heavy atom. The molecule has 2 fully saturated rings. The molecule has 2 saturated carbocycles. The minimum Gasteiger partial charge on any atom is -0.464 e. The Bertz CT molecular complexity index is 587. The number of tetrazole rings is 1. The summed E-state index contributed by atoms with van der Waals surface area (Å²) in [7, 11) is 0. The predicted molar refractivity (Wildman–Crippen MR) is 74.2 cm³/mol. The van der Waals surface area contributed by atoms with Crippen molar-refractivity contribution < 1.29 is 4.42 Å². The molecule has 2 heterocycles. The van der Waals surface area contributed by atoms with Crippen LogP contribution in [0.5, 0.6) is 0 Å². The number of furan rings is 1. The van der Waals surface area contributed by atoms with Gasteiger partial charge in [-0.25, -0.2) is 4.68 Å². The molecule has 0 unspecified atom stereocenters. The minimum atomic E-state index is 0.516. The first-order chi connectivity index (χ1) is 9.88. The first kappa shape index (κ1) is 12.4. The molecule has 106 valence electrons. The first-order valence-electron chi connectivity index (χ1n) is 7.10. The molecule has 2 aromatic rings. The molecule has 6 nitrogen and oxygen atoms in total. The van der Waals surface area contributed by atoms with Crippen LogP contribution in [0.2, 0.25) is 0 Å². The van der Waals surface area contributed by atoms with Crippen molar-refractivity contribution in [3.63, 3.8) is 0 Å². The lowest BCUT2D eigenvalue weighted by Crippen LogP contribution is -2.14. The van der Waals surface area contributed by atoms with Gasteiger partial charge in [0.15, 0.2) is 0 Å². The van der Waals surface area contributed by atoms with Gasteiger partial charge < -0.3 is 9.73 Å². The van der Waals surface area contributed by atoms with Gasteiger partial charge in [0.05, 0.1) is 18.3 Å². The van der Waals surface area contributed by atoms with Gasteiger partial charge in [-0.1, -0.05) is 11.8 Å². The van der Waals surface area contributed by atoms with E-state index >= 15 is 0 Å². The first-order valence-corrected chi connectivity index (χ1v) is 8.09. The summed E-state index contributed by atoms with van der Waals surface area (Å²) in [6.45, 7) is 0.829. The Kier molecular flexibility index (Phi) is 3.23. The molecule has 2 aliphatic carbocycles. The van der Waals surface area contributed by atoms with Crippen molar-refractivity contribution in [1.29, 1.82) is 0 Å². The van der Waals surface area contributed by atoms with Crippen molar-refractivity contribution in [1.82, 2.24) is 25.5 Å². The van der Waals surface area contributed by atoms with Crippen LogP contribution in [0, 0.1) is 0 Å². The topological polar surface area (TPSA) is 68.8 Å². The molecule has 0 spiro atoms. The number of aromatic nitrogens is 4. The highest BCUT2D eigenvalue weighted by atomic mass is 32.2. The van der Waals surface area contributed by atoms with Crippen molar-refractivity contribution in [3.8, 4) is 0 Å².